The number of rotatable bonds is 5. The monoisotopic (exact) mass is 962 g/mol. The van der Waals surface area contributed by atoms with Crippen LogP contribution in [-0.2, 0) is 0 Å². The molecule has 0 saturated heterocycles. The predicted octanol–water partition coefficient (Wildman–Crippen LogP) is 14.4. The first-order valence-corrected chi connectivity index (χ1v) is 19.3. The molecule has 0 atom stereocenters. The van der Waals surface area contributed by atoms with Crippen LogP contribution in [0.15, 0.2) is 199 Å². The van der Waals surface area contributed by atoms with Gasteiger partial charge in [-0.1, -0.05) is 114 Å². The van der Waals surface area contributed by atoms with Crippen molar-refractivity contribution in [3.05, 3.63) is 206 Å². The molecule has 0 aliphatic carbocycles. The predicted molar refractivity (Wildman–Crippen MR) is 236 cm³/mol. The number of aromatic nitrogens is 2. The smallest absolute Gasteiger partial charge is 0.477 e. The fourth-order valence-electron chi connectivity index (χ4n) is 8.84. The zero-order chi connectivity index (χ0) is 37.5. The topological polar surface area (TPSA) is 23.0 Å². The van der Waals surface area contributed by atoms with Crippen molar-refractivity contribution >= 4 is 65.6 Å². The first-order valence-electron chi connectivity index (χ1n) is 19.3. The number of fused-ring (bicyclic) bond motifs is 9. The first kappa shape index (κ1) is 34.7. The minimum absolute atomic E-state index is 0. The Balaban J connectivity index is 0.00000385. The Labute approximate surface area is 358 Å². The van der Waals surface area contributed by atoms with Crippen LogP contribution in [-0.4, -0.2) is 9.13 Å². The number of furan rings is 1. The summed E-state index contributed by atoms with van der Waals surface area (Å²) in [5, 5.41) is 7.09. The van der Waals surface area contributed by atoms with Gasteiger partial charge in [-0.25, -0.2) is 11.1 Å². The van der Waals surface area contributed by atoms with Crippen molar-refractivity contribution in [1.29, 1.82) is 0 Å². The van der Waals surface area contributed by atoms with Gasteiger partial charge in [0.2, 0.25) is 0 Å². The molecule has 0 amide bonds. The minimum Gasteiger partial charge on any atom is -0.477 e. The number of para-hydroxylation sites is 4. The first-order chi connectivity index (χ1) is 28.2. The third-order valence-corrected chi connectivity index (χ3v) is 11.5. The molecule has 0 bridgehead atoms. The van der Waals surface area contributed by atoms with Crippen LogP contribution in [0.2, 0.25) is 0 Å². The van der Waals surface area contributed by atoms with Crippen molar-refractivity contribution in [3.63, 3.8) is 0 Å². The molecule has 0 saturated carbocycles. The van der Waals surface area contributed by atoms with Gasteiger partial charge >= 0.3 is 31.1 Å². The van der Waals surface area contributed by atoms with Crippen LogP contribution < -0.4 is 0 Å². The molecule has 3 nitrogen and oxygen atoms in total. The molecule has 268 valence electrons. The molecular formula is C54H32N2OU. The van der Waals surface area contributed by atoms with E-state index < -0.39 is 0 Å². The zero-order valence-electron chi connectivity index (χ0n) is 31.3. The van der Waals surface area contributed by atoms with E-state index in [1.807, 2.05) is 0 Å². The maximum absolute atomic E-state index is 6.56. The molecule has 58 heavy (non-hydrogen) atoms. The Bertz CT molecular complexity index is 3500. The van der Waals surface area contributed by atoms with E-state index in [4.69, 9.17) is 4.42 Å². The molecule has 4 heteroatoms. The molecule has 0 radical (unpaired) electrons. The second kappa shape index (κ2) is 13.8. The summed E-state index contributed by atoms with van der Waals surface area (Å²) in [6.07, 6.45) is 0. The summed E-state index contributed by atoms with van der Waals surface area (Å²) in [5.74, 6) is 0. The van der Waals surface area contributed by atoms with Crippen molar-refractivity contribution in [1.82, 2.24) is 9.13 Å². The molecule has 12 aromatic rings. The third-order valence-electron chi connectivity index (χ3n) is 11.5. The van der Waals surface area contributed by atoms with Crippen LogP contribution in [0.4, 0.5) is 0 Å². The van der Waals surface area contributed by atoms with Crippen LogP contribution >= 0.6 is 0 Å². The quantitative estimate of drug-likeness (QED) is 0.158. The summed E-state index contributed by atoms with van der Waals surface area (Å²) in [7, 11) is 0. The fraction of sp³-hybridized carbons (Fsp3) is 0. The number of hydrogen-bond donors (Lipinski definition) is 0. The van der Waals surface area contributed by atoms with Gasteiger partial charge in [0.15, 0.2) is 0 Å². The van der Waals surface area contributed by atoms with E-state index in [0.717, 1.165) is 66.7 Å². The van der Waals surface area contributed by atoms with E-state index in [9.17, 15) is 0 Å². The number of nitrogens with zero attached hydrogens (tertiary/aromatic N) is 2. The van der Waals surface area contributed by atoms with Gasteiger partial charge in [0.1, 0.15) is 5.58 Å². The second-order valence-corrected chi connectivity index (χ2v) is 14.8. The maximum Gasteiger partial charge on any atom is 2.00 e. The molecule has 0 spiro atoms. The Morgan fingerprint density at radius 2 is 0.810 bits per heavy atom. The Morgan fingerprint density at radius 3 is 1.41 bits per heavy atom. The summed E-state index contributed by atoms with van der Waals surface area (Å²) in [6.45, 7) is 0. The molecule has 0 N–H and O–H groups in total. The van der Waals surface area contributed by atoms with Crippen molar-refractivity contribution in [2.24, 2.45) is 0 Å². The number of benzene rings is 9. The van der Waals surface area contributed by atoms with Crippen LogP contribution in [0.25, 0.3) is 110 Å². The molecule has 12 rings (SSSR count). The molecule has 0 aliphatic rings. The van der Waals surface area contributed by atoms with Crippen LogP contribution in [0, 0.1) is 43.2 Å². The van der Waals surface area contributed by atoms with Gasteiger partial charge in [-0.05, 0) is 77.2 Å². The van der Waals surface area contributed by atoms with Crippen LogP contribution in [0.5, 0.6) is 0 Å². The molecule has 3 aromatic heterocycles. The van der Waals surface area contributed by atoms with Gasteiger partial charge < -0.3 is 13.6 Å². The van der Waals surface area contributed by atoms with Gasteiger partial charge in [-0.2, -0.15) is 18.2 Å². The molecule has 0 unspecified atom stereocenters. The Morgan fingerprint density at radius 1 is 0.328 bits per heavy atom. The average molecular weight is 963 g/mol. The summed E-state index contributed by atoms with van der Waals surface area (Å²) in [6, 6.07) is 76.2. The van der Waals surface area contributed by atoms with E-state index in [1.165, 1.54) is 43.6 Å². The summed E-state index contributed by atoms with van der Waals surface area (Å²) in [5.41, 5.74) is 15.3. The van der Waals surface area contributed by atoms with E-state index >= 15 is 0 Å². The van der Waals surface area contributed by atoms with Crippen LogP contribution in [0.1, 0.15) is 0 Å². The largest absolute Gasteiger partial charge is 2.00 e. The van der Waals surface area contributed by atoms with Crippen molar-refractivity contribution < 1.29 is 35.5 Å². The number of hydrogen-bond acceptors (Lipinski definition) is 1. The van der Waals surface area contributed by atoms with Crippen molar-refractivity contribution in [2.75, 3.05) is 0 Å². The average Bonchev–Trinajstić information content (AvgIpc) is 3.93. The Hall–Kier alpha value is -6.57. The van der Waals surface area contributed by atoms with Crippen LogP contribution in [0.3, 0.4) is 0 Å². The molecule has 3 heterocycles. The normalized spacial score (nSPS) is 11.7. The Kier molecular flexibility index (Phi) is 8.26. The van der Waals surface area contributed by atoms with E-state index in [2.05, 4.69) is 215 Å². The van der Waals surface area contributed by atoms with Gasteiger partial charge in [-0.3, -0.25) is 0 Å². The summed E-state index contributed by atoms with van der Waals surface area (Å²) < 4.78 is 11.3. The van der Waals surface area contributed by atoms with E-state index in [0.29, 0.717) is 0 Å². The molecule has 9 aromatic carbocycles. The van der Waals surface area contributed by atoms with Gasteiger partial charge in [0.25, 0.3) is 0 Å². The molecule has 0 fully saturated rings. The SMILES string of the molecule is [U+2].[c-]1cc(-c2ccc3c(c2)c2ccccc2n3-c2ccccc2)ccc1-c1[c-]cc2c(c1)oc1cc(-c3ccc4c(c3)c3ccccc3n4-c3ccccc3)ccc12. The summed E-state index contributed by atoms with van der Waals surface area (Å²) >= 11 is 0. The van der Waals surface area contributed by atoms with Crippen molar-refractivity contribution in [3.8, 4) is 44.8 Å². The molecule has 0 aliphatic heterocycles. The zero-order valence-corrected chi connectivity index (χ0v) is 35.4. The minimum atomic E-state index is 0. The molecular weight excluding hydrogens is 931 g/mol. The van der Waals surface area contributed by atoms with Gasteiger partial charge in [0.05, 0.1) is 22.1 Å². The van der Waals surface area contributed by atoms with E-state index in [-0.39, 0.29) is 31.1 Å². The van der Waals surface area contributed by atoms with E-state index in [1.54, 1.807) is 0 Å². The maximum atomic E-state index is 6.56. The van der Waals surface area contributed by atoms with Gasteiger partial charge in [-0.15, -0.1) is 29.8 Å². The third kappa shape index (κ3) is 5.48. The fourth-order valence-corrected chi connectivity index (χ4v) is 8.84. The van der Waals surface area contributed by atoms with Crippen molar-refractivity contribution in [2.45, 2.75) is 0 Å². The standard InChI is InChI=1S/C54H32N2O.U/c1-3-11-41(12-4-1)55-49-17-9-7-15-43(49)47-31-37(25-29-51(47)55)35-19-21-36(22-20-35)39-23-27-45-46-28-24-40(34-54(46)57-53(45)33-39)38-26-30-52-48(32-38)44-16-8-10-18-50(44)56(52)42-13-5-2-6-14-42;/h1-21,24-34H;/q-2;+2. The summed E-state index contributed by atoms with van der Waals surface area (Å²) in [4.78, 5) is 0. The van der Waals surface area contributed by atoms with Gasteiger partial charge in [0, 0.05) is 38.5 Å². The second-order valence-electron chi connectivity index (χ2n) is 14.8.